The highest BCUT2D eigenvalue weighted by molar-refractivity contribution is 5.76. The fraction of sp³-hybridized carbons (Fsp3) is 0.667. The van der Waals surface area contributed by atoms with Gasteiger partial charge >= 0.3 is 0 Å². The number of imidazole rings is 1. The SMILES string of the molecule is CC(N)c1cncn1CCC(=O)N1CCCC1. The molecule has 1 aliphatic rings. The van der Waals surface area contributed by atoms with Gasteiger partial charge in [-0.15, -0.1) is 0 Å². The molecule has 2 N–H and O–H groups in total. The Bertz CT molecular complexity index is 380. The minimum atomic E-state index is -0.0422. The topological polar surface area (TPSA) is 64.1 Å². The second kappa shape index (κ2) is 5.31. The van der Waals surface area contributed by atoms with E-state index in [0.717, 1.165) is 31.6 Å². The van der Waals surface area contributed by atoms with Gasteiger partial charge in [0, 0.05) is 38.3 Å². The first-order valence-corrected chi connectivity index (χ1v) is 6.22. The van der Waals surface area contributed by atoms with Crippen LogP contribution in [-0.2, 0) is 11.3 Å². The number of rotatable bonds is 4. The van der Waals surface area contributed by atoms with Gasteiger partial charge in [-0.2, -0.15) is 0 Å². The zero-order chi connectivity index (χ0) is 12.3. The average molecular weight is 236 g/mol. The quantitative estimate of drug-likeness (QED) is 0.845. The molecular weight excluding hydrogens is 216 g/mol. The molecule has 0 saturated carbocycles. The number of amides is 1. The van der Waals surface area contributed by atoms with E-state index < -0.39 is 0 Å². The molecule has 0 aliphatic carbocycles. The number of hydrogen-bond acceptors (Lipinski definition) is 3. The summed E-state index contributed by atoms with van der Waals surface area (Å²) in [5.74, 6) is 0.242. The van der Waals surface area contributed by atoms with Crippen LogP contribution in [0.2, 0.25) is 0 Å². The van der Waals surface area contributed by atoms with Gasteiger partial charge in [-0.25, -0.2) is 4.98 Å². The Hall–Kier alpha value is -1.36. The average Bonchev–Trinajstić information content (AvgIpc) is 2.96. The number of nitrogens with zero attached hydrogens (tertiary/aromatic N) is 3. The molecular formula is C12H20N4O. The first kappa shape index (κ1) is 12.1. The lowest BCUT2D eigenvalue weighted by Crippen LogP contribution is -2.28. The summed E-state index contributed by atoms with van der Waals surface area (Å²) < 4.78 is 1.97. The van der Waals surface area contributed by atoms with Gasteiger partial charge in [-0.05, 0) is 19.8 Å². The van der Waals surface area contributed by atoms with Crippen molar-refractivity contribution in [3.05, 3.63) is 18.2 Å². The molecule has 1 unspecified atom stereocenters. The van der Waals surface area contributed by atoms with Gasteiger partial charge in [0.1, 0.15) is 0 Å². The van der Waals surface area contributed by atoms with Crippen LogP contribution in [0.25, 0.3) is 0 Å². The van der Waals surface area contributed by atoms with Crippen molar-refractivity contribution in [1.82, 2.24) is 14.5 Å². The summed E-state index contributed by atoms with van der Waals surface area (Å²) in [7, 11) is 0. The van der Waals surface area contributed by atoms with Crippen molar-refractivity contribution in [2.24, 2.45) is 5.73 Å². The Labute approximate surface area is 102 Å². The van der Waals surface area contributed by atoms with Gasteiger partial charge in [0.15, 0.2) is 0 Å². The number of hydrogen-bond donors (Lipinski definition) is 1. The number of carbonyl (C=O) groups is 1. The van der Waals surface area contributed by atoms with Crippen LogP contribution in [0, 0.1) is 0 Å². The van der Waals surface area contributed by atoms with E-state index in [1.54, 1.807) is 12.5 Å². The molecule has 1 aliphatic heterocycles. The molecule has 1 aromatic heterocycles. The van der Waals surface area contributed by atoms with Crippen molar-refractivity contribution in [2.75, 3.05) is 13.1 Å². The van der Waals surface area contributed by atoms with Crippen LogP contribution < -0.4 is 5.73 Å². The normalized spacial score (nSPS) is 17.4. The monoisotopic (exact) mass is 236 g/mol. The molecule has 0 bridgehead atoms. The molecule has 0 spiro atoms. The van der Waals surface area contributed by atoms with E-state index in [9.17, 15) is 4.79 Å². The maximum absolute atomic E-state index is 11.9. The van der Waals surface area contributed by atoms with E-state index in [-0.39, 0.29) is 11.9 Å². The number of carbonyl (C=O) groups excluding carboxylic acids is 1. The Morgan fingerprint density at radius 3 is 2.88 bits per heavy atom. The molecule has 2 rings (SSSR count). The van der Waals surface area contributed by atoms with Crippen molar-refractivity contribution in [2.45, 2.75) is 38.8 Å². The van der Waals surface area contributed by atoms with Crippen LogP contribution in [0.3, 0.4) is 0 Å². The lowest BCUT2D eigenvalue weighted by atomic mass is 10.2. The van der Waals surface area contributed by atoms with Crippen LogP contribution >= 0.6 is 0 Å². The lowest BCUT2D eigenvalue weighted by Gasteiger charge is -2.16. The molecule has 5 heteroatoms. The summed E-state index contributed by atoms with van der Waals surface area (Å²) in [6.45, 7) is 4.44. The zero-order valence-electron chi connectivity index (χ0n) is 10.3. The highest BCUT2D eigenvalue weighted by Gasteiger charge is 2.17. The summed E-state index contributed by atoms with van der Waals surface area (Å²) in [4.78, 5) is 17.9. The molecule has 1 aromatic rings. The Balaban J connectivity index is 1.88. The number of nitrogens with two attached hydrogens (primary N) is 1. The van der Waals surface area contributed by atoms with Gasteiger partial charge in [0.25, 0.3) is 0 Å². The molecule has 0 radical (unpaired) electrons. The van der Waals surface area contributed by atoms with E-state index in [1.807, 2.05) is 16.4 Å². The number of aromatic nitrogens is 2. The summed E-state index contributed by atoms with van der Waals surface area (Å²) in [6, 6.07) is -0.0422. The highest BCUT2D eigenvalue weighted by Crippen LogP contribution is 2.12. The molecule has 0 aromatic carbocycles. The van der Waals surface area contributed by atoms with Crippen LogP contribution in [-0.4, -0.2) is 33.4 Å². The van der Waals surface area contributed by atoms with Crippen LogP contribution in [0.1, 0.15) is 37.9 Å². The Kier molecular flexibility index (Phi) is 3.78. The summed E-state index contributed by atoms with van der Waals surface area (Å²) in [6.07, 6.45) is 6.33. The highest BCUT2D eigenvalue weighted by atomic mass is 16.2. The maximum atomic E-state index is 11.9. The van der Waals surface area contributed by atoms with Crippen LogP contribution in [0.15, 0.2) is 12.5 Å². The van der Waals surface area contributed by atoms with Crippen molar-refractivity contribution >= 4 is 5.91 Å². The van der Waals surface area contributed by atoms with E-state index in [2.05, 4.69) is 4.98 Å². The minimum Gasteiger partial charge on any atom is -0.343 e. The molecule has 5 nitrogen and oxygen atoms in total. The zero-order valence-corrected chi connectivity index (χ0v) is 10.3. The first-order valence-electron chi connectivity index (χ1n) is 6.22. The van der Waals surface area contributed by atoms with Gasteiger partial charge in [0.05, 0.1) is 12.0 Å². The van der Waals surface area contributed by atoms with E-state index in [0.29, 0.717) is 13.0 Å². The summed E-state index contributed by atoms with van der Waals surface area (Å²) in [5, 5.41) is 0. The van der Waals surface area contributed by atoms with Crippen molar-refractivity contribution in [3.63, 3.8) is 0 Å². The summed E-state index contributed by atoms with van der Waals surface area (Å²) in [5.41, 5.74) is 6.82. The predicted molar refractivity (Wildman–Crippen MR) is 65.3 cm³/mol. The van der Waals surface area contributed by atoms with Crippen molar-refractivity contribution < 1.29 is 4.79 Å². The summed E-state index contributed by atoms with van der Waals surface area (Å²) >= 11 is 0. The fourth-order valence-electron chi connectivity index (χ4n) is 2.24. The van der Waals surface area contributed by atoms with Gasteiger partial charge in [-0.3, -0.25) is 4.79 Å². The number of aryl methyl sites for hydroxylation is 1. The predicted octanol–water partition coefficient (Wildman–Crippen LogP) is 0.915. The molecule has 2 heterocycles. The molecule has 1 atom stereocenters. The van der Waals surface area contributed by atoms with Crippen molar-refractivity contribution in [1.29, 1.82) is 0 Å². The van der Waals surface area contributed by atoms with Crippen LogP contribution in [0.5, 0.6) is 0 Å². The smallest absolute Gasteiger partial charge is 0.224 e. The Morgan fingerprint density at radius 1 is 1.53 bits per heavy atom. The van der Waals surface area contributed by atoms with Crippen molar-refractivity contribution in [3.8, 4) is 0 Å². The third-order valence-corrected chi connectivity index (χ3v) is 3.24. The van der Waals surface area contributed by atoms with E-state index >= 15 is 0 Å². The first-order chi connectivity index (χ1) is 8.18. The minimum absolute atomic E-state index is 0.0422. The van der Waals surface area contributed by atoms with E-state index in [1.165, 1.54) is 0 Å². The molecule has 17 heavy (non-hydrogen) atoms. The molecule has 1 saturated heterocycles. The van der Waals surface area contributed by atoms with Gasteiger partial charge in [-0.1, -0.05) is 0 Å². The molecule has 94 valence electrons. The van der Waals surface area contributed by atoms with E-state index in [4.69, 9.17) is 5.73 Å². The van der Waals surface area contributed by atoms with Gasteiger partial charge in [0.2, 0.25) is 5.91 Å². The standard InChI is InChI=1S/C12H20N4O/c1-10(13)11-8-14-9-16(11)7-4-12(17)15-5-2-3-6-15/h8-10H,2-7,13H2,1H3. The third-order valence-electron chi connectivity index (χ3n) is 3.24. The fourth-order valence-corrected chi connectivity index (χ4v) is 2.24. The largest absolute Gasteiger partial charge is 0.343 e. The number of likely N-dealkylation sites (tertiary alicyclic amines) is 1. The second-order valence-electron chi connectivity index (χ2n) is 4.64. The maximum Gasteiger partial charge on any atom is 0.224 e. The third kappa shape index (κ3) is 2.85. The molecule has 1 fully saturated rings. The second-order valence-corrected chi connectivity index (χ2v) is 4.64. The van der Waals surface area contributed by atoms with Crippen LogP contribution in [0.4, 0.5) is 0 Å². The lowest BCUT2D eigenvalue weighted by molar-refractivity contribution is -0.130. The molecule has 1 amide bonds. The Morgan fingerprint density at radius 2 is 2.24 bits per heavy atom. The van der Waals surface area contributed by atoms with Gasteiger partial charge < -0.3 is 15.2 Å².